The summed E-state index contributed by atoms with van der Waals surface area (Å²) in [6.07, 6.45) is 8.95. The third-order valence-electron chi connectivity index (χ3n) is 5.49. The van der Waals surface area contributed by atoms with Gasteiger partial charge in [0, 0.05) is 23.5 Å². The molecule has 0 unspecified atom stereocenters. The standard InChI is InChI=1S/C23H23FN2/c1-16-2-4-17(5-3-16)18-6-8-19(9-7-18)21-14-25-23(26-15-21)20-10-12-22(24)13-11-20/h6-17H,2-5H2,1H3/t16-,17-. The number of hydrogen-bond donors (Lipinski definition) is 0. The third-order valence-corrected chi connectivity index (χ3v) is 5.49. The Hall–Kier alpha value is -2.55. The van der Waals surface area contributed by atoms with Gasteiger partial charge < -0.3 is 0 Å². The zero-order valence-electron chi connectivity index (χ0n) is 15.0. The van der Waals surface area contributed by atoms with E-state index in [4.69, 9.17) is 0 Å². The van der Waals surface area contributed by atoms with Crippen molar-refractivity contribution >= 4 is 0 Å². The summed E-state index contributed by atoms with van der Waals surface area (Å²) in [6.45, 7) is 2.36. The second kappa shape index (κ2) is 7.36. The molecular weight excluding hydrogens is 323 g/mol. The summed E-state index contributed by atoms with van der Waals surface area (Å²) >= 11 is 0. The summed E-state index contributed by atoms with van der Waals surface area (Å²) in [5.41, 5.74) is 4.40. The minimum absolute atomic E-state index is 0.252. The van der Waals surface area contributed by atoms with E-state index < -0.39 is 0 Å². The highest BCUT2D eigenvalue weighted by Gasteiger charge is 2.19. The quantitative estimate of drug-likeness (QED) is 0.561. The Morgan fingerprint density at radius 2 is 1.31 bits per heavy atom. The van der Waals surface area contributed by atoms with Gasteiger partial charge in [-0.05, 0) is 60.1 Å². The summed E-state index contributed by atoms with van der Waals surface area (Å²) in [4.78, 5) is 8.88. The van der Waals surface area contributed by atoms with Crippen molar-refractivity contribution in [1.29, 1.82) is 0 Å². The van der Waals surface area contributed by atoms with Crippen LogP contribution in [-0.2, 0) is 0 Å². The second-order valence-electron chi connectivity index (χ2n) is 7.38. The lowest BCUT2D eigenvalue weighted by Gasteiger charge is -2.26. The molecule has 3 aromatic rings. The van der Waals surface area contributed by atoms with Gasteiger partial charge in [0.1, 0.15) is 5.82 Å². The summed E-state index contributed by atoms with van der Waals surface area (Å²) < 4.78 is 13.0. The van der Waals surface area contributed by atoms with Gasteiger partial charge in [0.05, 0.1) is 0 Å². The number of rotatable bonds is 3. The molecule has 132 valence electrons. The Morgan fingerprint density at radius 1 is 0.731 bits per heavy atom. The van der Waals surface area contributed by atoms with Crippen LogP contribution in [-0.4, -0.2) is 9.97 Å². The maximum Gasteiger partial charge on any atom is 0.159 e. The number of aromatic nitrogens is 2. The van der Waals surface area contributed by atoms with Crippen LogP contribution in [0.4, 0.5) is 4.39 Å². The largest absolute Gasteiger partial charge is 0.236 e. The molecule has 1 heterocycles. The molecule has 1 aliphatic rings. The molecule has 1 aliphatic carbocycles. The summed E-state index contributed by atoms with van der Waals surface area (Å²) in [7, 11) is 0. The molecule has 0 N–H and O–H groups in total. The molecule has 0 bridgehead atoms. The van der Waals surface area contributed by atoms with Crippen molar-refractivity contribution in [1.82, 2.24) is 9.97 Å². The highest BCUT2D eigenvalue weighted by molar-refractivity contribution is 5.64. The van der Waals surface area contributed by atoms with Gasteiger partial charge >= 0.3 is 0 Å². The third kappa shape index (κ3) is 3.67. The summed E-state index contributed by atoms with van der Waals surface area (Å²) in [5.74, 6) is 1.94. The molecule has 26 heavy (non-hydrogen) atoms. The van der Waals surface area contributed by atoms with Crippen LogP contribution >= 0.6 is 0 Å². The van der Waals surface area contributed by atoms with Crippen LogP contribution in [0.5, 0.6) is 0 Å². The van der Waals surface area contributed by atoms with Crippen molar-refractivity contribution in [3.8, 4) is 22.5 Å². The first-order valence-electron chi connectivity index (χ1n) is 9.37. The number of nitrogens with zero attached hydrogens (tertiary/aromatic N) is 2. The van der Waals surface area contributed by atoms with Gasteiger partial charge in [-0.3, -0.25) is 0 Å². The van der Waals surface area contributed by atoms with Crippen LogP contribution in [0.15, 0.2) is 60.9 Å². The highest BCUT2D eigenvalue weighted by atomic mass is 19.1. The van der Waals surface area contributed by atoms with Crippen LogP contribution in [0.2, 0.25) is 0 Å². The number of benzene rings is 2. The smallest absolute Gasteiger partial charge is 0.159 e. The molecule has 0 radical (unpaired) electrons. The second-order valence-corrected chi connectivity index (χ2v) is 7.38. The van der Waals surface area contributed by atoms with E-state index >= 15 is 0 Å². The Kier molecular flexibility index (Phi) is 4.79. The average Bonchev–Trinajstić information content (AvgIpc) is 2.70. The maximum absolute atomic E-state index is 13.0. The minimum atomic E-state index is -0.252. The van der Waals surface area contributed by atoms with Crippen molar-refractivity contribution in [2.45, 2.75) is 38.5 Å². The summed E-state index contributed by atoms with van der Waals surface area (Å²) in [5, 5.41) is 0. The van der Waals surface area contributed by atoms with Gasteiger partial charge in [0.25, 0.3) is 0 Å². The first-order chi connectivity index (χ1) is 12.7. The van der Waals surface area contributed by atoms with Gasteiger partial charge in [-0.1, -0.05) is 44.0 Å². The zero-order chi connectivity index (χ0) is 17.9. The topological polar surface area (TPSA) is 25.8 Å². The van der Waals surface area contributed by atoms with Crippen molar-refractivity contribution in [3.05, 3.63) is 72.3 Å². The molecule has 2 aromatic carbocycles. The lowest BCUT2D eigenvalue weighted by molar-refractivity contribution is 0.348. The van der Waals surface area contributed by atoms with E-state index in [1.807, 2.05) is 12.4 Å². The maximum atomic E-state index is 13.0. The van der Waals surface area contributed by atoms with Gasteiger partial charge in [-0.15, -0.1) is 0 Å². The van der Waals surface area contributed by atoms with E-state index in [9.17, 15) is 4.39 Å². The molecule has 3 heteroatoms. The summed E-state index contributed by atoms with van der Waals surface area (Å²) in [6, 6.07) is 15.1. The Labute approximate surface area is 154 Å². The van der Waals surface area contributed by atoms with Crippen molar-refractivity contribution in [2.75, 3.05) is 0 Å². The fourth-order valence-electron chi connectivity index (χ4n) is 3.77. The van der Waals surface area contributed by atoms with Crippen LogP contribution in [0.25, 0.3) is 22.5 Å². The molecule has 0 spiro atoms. The minimum Gasteiger partial charge on any atom is -0.236 e. The lowest BCUT2D eigenvalue weighted by atomic mass is 9.79. The molecule has 0 atom stereocenters. The molecule has 0 saturated heterocycles. The monoisotopic (exact) mass is 346 g/mol. The zero-order valence-corrected chi connectivity index (χ0v) is 15.0. The van der Waals surface area contributed by atoms with E-state index in [0.29, 0.717) is 11.7 Å². The Morgan fingerprint density at radius 3 is 1.92 bits per heavy atom. The number of halogens is 1. The van der Waals surface area contributed by atoms with Crippen LogP contribution in [0.3, 0.4) is 0 Å². The Balaban J connectivity index is 1.50. The van der Waals surface area contributed by atoms with Crippen LogP contribution in [0, 0.1) is 11.7 Å². The van der Waals surface area contributed by atoms with Crippen LogP contribution < -0.4 is 0 Å². The van der Waals surface area contributed by atoms with Gasteiger partial charge in [-0.2, -0.15) is 0 Å². The predicted octanol–water partition coefficient (Wildman–Crippen LogP) is 6.24. The van der Waals surface area contributed by atoms with E-state index in [0.717, 1.165) is 22.6 Å². The van der Waals surface area contributed by atoms with Crippen LogP contribution in [0.1, 0.15) is 44.1 Å². The molecular formula is C23H23FN2. The average molecular weight is 346 g/mol. The first-order valence-corrected chi connectivity index (χ1v) is 9.37. The van der Waals surface area contributed by atoms with Crippen molar-refractivity contribution in [3.63, 3.8) is 0 Å². The van der Waals surface area contributed by atoms with E-state index in [1.165, 1.54) is 43.4 Å². The fraction of sp³-hybridized carbons (Fsp3) is 0.304. The van der Waals surface area contributed by atoms with Gasteiger partial charge in [0.15, 0.2) is 5.82 Å². The van der Waals surface area contributed by atoms with Crippen molar-refractivity contribution in [2.24, 2.45) is 5.92 Å². The molecule has 1 saturated carbocycles. The molecule has 1 fully saturated rings. The molecule has 4 rings (SSSR count). The lowest BCUT2D eigenvalue weighted by Crippen LogP contribution is -2.10. The predicted molar refractivity (Wildman–Crippen MR) is 103 cm³/mol. The SMILES string of the molecule is C[C@H]1CC[C@H](c2ccc(-c3cnc(-c4ccc(F)cc4)nc3)cc2)CC1. The normalized spacial score (nSPS) is 20.1. The highest BCUT2D eigenvalue weighted by Crippen LogP contribution is 2.36. The fourth-order valence-corrected chi connectivity index (χ4v) is 3.77. The molecule has 2 nitrogen and oxygen atoms in total. The van der Waals surface area contributed by atoms with E-state index in [1.54, 1.807) is 12.1 Å². The van der Waals surface area contributed by atoms with Gasteiger partial charge in [-0.25, -0.2) is 14.4 Å². The molecule has 0 aliphatic heterocycles. The van der Waals surface area contributed by atoms with Crippen molar-refractivity contribution < 1.29 is 4.39 Å². The molecule has 1 aromatic heterocycles. The van der Waals surface area contributed by atoms with E-state index in [-0.39, 0.29) is 5.82 Å². The first kappa shape index (κ1) is 16.9. The van der Waals surface area contributed by atoms with Gasteiger partial charge in [0.2, 0.25) is 0 Å². The van der Waals surface area contributed by atoms with E-state index in [2.05, 4.69) is 41.2 Å². The Bertz CT molecular complexity index is 846. The molecule has 0 amide bonds. The number of hydrogen-bond acceptors (Lipinski definition) is 2.